The molecule has 0 aliphatic carbocycles. The first-order valence-electron chi connectivity index (χ1n) is 10.4. The Labute approximate surface area is 170 Å². The number of hydrogen-bond donors (Lipinski definition) is 1. The van der Waals surface area contributed by atoms with Gasteiger partial charge < -0.3 is 24.1 Å². The Balaban J connectivity index is 1.42. The molecule has 4 heterocycles. The molecule has 1 fully saturated rings. The lowest BCUT2D eigenvalue weighted by Crippen LogP contribution is -2.48. The van der Waals surface area contributed by atoms with E-state index in [4.69, 9.17) is 13.9 Å². The van der Waals surface area contributed by atoms with Gasteiger partial charge in [0.2, 0.25) is 5.88 Å². The van der Waals surface area contributed by atoms with Crippen LogP contribution in [0.2, 0.25) is 0 Å². The zero-order valence-corrected chi connectivity index (χ0v) is 16.9. The number of aryl methyl sites for hydroxylation is 1. The number of likely N-dealkylation sites (tertiary alicyclic amines) is 1. The van der Waals surface area contributed by atoms with E-state index in [0.717, 1.165) is 61.5 Å². The van der Waals surface area contributed by atoms with Crippen LogP contribution in [0.5, 0.6) is 5.88 Å². The first-order valence-corrected chi connectivity index (χ1v) is 10.4. The average Bonchev–Trinajstić information content (AvgIpc) is 3.15. The molecule has 29 heavy (non-hydrogen) atoms. The number of urea groups is 1. The second-order valence-electron chi connectivity index (χ2n) is 7.40. The summed E-state index contributed by atoms with van der Waals surface area (Å²) in [7, 11) is 0. The van der Waals surface area contributed by atoms with Gasteiger partial charge in [-0.25, -0.2) is 9.78 Å². The van der Waals surface area contributed by atoms with Gasteiger partial charge >= 0.3 is 6.03 Å². The molecule has 2 aliphatic rings. The fourth-order valence-corrected chi connectivity index (χ4v) is 3.78. The van der Waals surface area contributed by atoms with Gasteiger partial charge in [0.15, 0.2) is 0 Å². The second-order valence-corrected chi connectivity index (χ2v) is 7.40. The summed E-state index contributed by atoms with van der Waals surface area (Å²) < 4.78 is 17.2. The molecule has 2 amide bonds. The Morgan fingerprint density at radius 2 is 2.24 bits per heavy atom. The largest absolute Gasteiger partial charge is 0.472 e. The van der Waals surface area contributed by atoms with Crippen molar-refractivity contribution in [1.82, 2.24) is 20.2 Å². The monoisotopic (exact) mass is 400 g/mol. The van der Waals surface area contributed by atoms with Crippen LogP contribution in [0.15, 0.2) is 22.8 Å². The lowest BCUT2D eigenvalue weighted by Gasteiger charge is -2.33. The van der Waals surface area contributed by atoms with Crippen LogP contribution in [0, 0.1) is 0 Å². The quantitative estimate of drug-likeness (QED) is 0.829. The number of aromatic nitrogens is 2. The molecule has 0 radical (unpaired) electrons. The molecule has 2 aromatic rings. The van der Waals surface area contributed by atoms with Crippen molar-refractivity contribution in [2.24, 2.45) is 0 Å². The van der Waals surface area contributed by atoms with E-state index >= 15 is 0 Å². The van der Waals surface area contributed by atoms with E-state index in [2.05, 4.69) is 15.3 Å². The number of amides is 2. The van der Waals surface area contributed by atoms with Gasteiger partial charge in [-0.15, -0.1) is 0 Å². The molecule has 0 aromatic carbocycles. The van der Waals surface area contributed by atoms with Crippen LogP contribution < -0.4 is 10.1 Å². The van der Waals surface area contributed by atoms with Crippen molar-refractivity contribution in [1.29, 1.82) is 0 Å². The molecule has 1 saturated heterocycles. The molecule has 0 saturated carbocycles. The number of furan rings is 1. The van der Waals surface area contributed by atoms with Gasteiger partial charge in [0.05, 0.1) is 38.3 Å². The molecule has 8 nitrogen and oxygen atoms in total. The Kier molecular flexibility index (Phi) is 6.29. The third kappa shape index (κ3) is 4.87. The molecular formula is C21H28N4O4. The second kappa shape index (κ2) is 9.26. The highest BCUT2D eigenvalue weighted by Gasteiger charge is 2.27. The molecule has 1 atom stereocenters. The molecule has 156 valence electrons. The average molecular weight is 400 g/mol. The van der Waals surface area contributed by atoms with E-state index in [1.165, 1.54) is 0 Å². The Hall–Kier alpha value is -2.61. The third-order valence-electron chi connectivity index (χ3n) is 5.33. The Bertz CT molecular complexity index is 824. The molecule has 0 bridgehead atoms. The molecule has 4 rings (SSSR count). The number of ether oxygens (including phenoxy) is 2. The first-order chi connectivity index (χ1) is 14.2. The minimum Gasteiger partial charge on any atom is -0.472 e. The van der Waals surface area contributed by atoms with Crippen LogP contribution in [0.25, 0.3) is 0 Å². The Morgan fingerprint density at radius 1 is 1.34 bits per heavy atom. The lowest BCUT2D eigenvalue weighted by molar-refractivity contribution is 0.0958. The van der Waals surface area contributed by atoms with Gasteiger partial charge in [-0.2, -0.15) is 4.98 Å². The Morgan fingerprint density at radius 3 is 3.07 bits per heavy atom. The van der Waals surface area contributed by atoms with Crippen LogP contribution in [0.3, 0.4) is 0 Å². The fourth-order valence-electron chi connectivity index (χ4n) is 3.78. The van der Waals surface area contributed by atoms with Gasteiger partial charge in [0.25, 0.3) is 0 Å². The summed E-state index contributed by atoms with van der Waals surface area (Å²) in [6.45, 7) is 5.03. The molecular weight excluding hydrogens is 372 g/mol. The number of carbonyl (C=O) groups excluding carboxylic acids is 1. The van der Waals surface area contributed by atoms with E-state index in [1.807, 2.05) is 19.1 Å². The number of piperidine rings is 1. The number of fused-ring (bicyclic) bond motifs is 1. The maximum absolute atomic E-state index is 12.5. The van der Waals surface area contributed by atoms with Crippen molar-refractivity contribution < 1.29 is 18.7 Å². The summed E-state index contributed by atoms with van der Waals surface area (Å²) in [5.74, 6) is 2.20. The zero-order valence-electron chi connectivity index (χ0n) is 16.9. The fraction of sp³-hybridized carbons (Fsp3) is 0.571. The molecule has 0 spiro atoms. The summed E-state index contributed by atoms with van der Waals surface area (Å²) >= 11 is 0. The first kappa shape index (κ1) is 19.7. The minimum absolute atomic E-state index is 0.0778. The molecule has 2 aromatic heterocycles. The van der Waals surface area contributed by atoms with Crippen molar-refractivity contribution in [3.63, 3.8) is 0 Å². The van der Waals surface area contributed by atoms with E-state index < -0.39 is 0 Å². The predicted octanol–water partition coefficient (Wildman–Crippen LogP) is 2.50. The highest BCUT2D eigenvalue weighted by atomic mass is 16.5. The maximum Gasteiger partial charge on any atom is 0.317 e. The predicted molar refractivity (Wildman–Crippen MR) is 106 cm³/mol. The van der Waals surface area contributed by atoms with Crippen LogP contribution in [-0.4, -0.2) is 53.3 Å². The van der Waals surface area contributed by atoms with E-state index in [9.17, 15) is 4.79 Å². The van der Waals surface area contributed by atoms with Crippen molar-refractivity contribution >= 4 is 6.03 Å². The van der Waals surface area contributed by atoms with E-state index in [1.54, 1.807) is 11.2 Å². The summed E-state index contributed by atoms with van der Waals surface area (Å²) in [6.07, 6.45) is 5.63. The van der Waals surface area contributed by atoms with Gasteiger partial charge in [-0.1, -0.05) is 6.92 Å². The molecule has 1 N–H and O–H groups in total. The van der Waals surface area contributed by atoms with E-state index in [-0.39, 0.29) is 12.1 Å². The molecule has 1 unspecified atom stereocenters. The normalized spacial score (nSPS) is 19.3. The van der Waals surface area contributed by atoms with Crippen molar-refractivity contribution in [3.05, 3.63) is 41.2 Å². The maximum atomic E-state index is 12.5. The van der Waals surface area contributed by atoms with Crippen LogP contribution >= 0.6 is 0 Å². The summed E-state index contributed by atoms with van der Waals surface area (Å²) in [5, 5.41) is 2.91. The zero-order chi connectivity index (χ0) is 20.1. The number of carbonyl (C=O) groups is 1. The lowest BCUT2D eigenvalue weighted by atomic mass is 10.1. The van der Waals surface area contributed by atoms with E-state index in [0.29, 0.717) is 32.2 Å². The van der Waals surface area contributed by atoms with Gasteiger partial charge in [-0.3, -0.25) is 0 Å². The van der Waals surface area contributed by atoms with Crippen molar-refractivity contribution in [2.45, 2.75) is 51.7 Å². The topological polar surface area (TPSA) is 89.7 Å². The standard InChI is InChI=1S/C21H28N4O4/c1-2-19-23-18-8-12-27-11-7-17(18)20(24-19)29-16-5-3-9-25(14-16)21(26)22-13-15-6-4-10-28-15/h4,6,10,16H,2-3,5,7-9,11-14H2,1H3,(H,22,26). The number of hydrogen-bond acceptors (Lipinski definition) is 6. The molecule has 8 heteroatoms. The van der Waals surface area contributed by atoms with Crippen LogP contribution in [-0.2, 0) is 30.5 Å². The van der Waals surface area contributed by atoms with Gasteiger partial charge in [0, 0.05) is 31.4 Å². The summed E-state index contributed by atoms with van der Waals surface area (Å²) in [6, 6.07) is 3.56. The SMILES string of the molecule is CCc1nc2c(c(OC3CCCN(C(=O)NCc4ccco4)C3)n1)CCOCC2. The third-order valence-corrected chi connectivity index (χ3v) is 5.33. The summed E-state index contributed by atoms with van der Waals surface area (Å²) in [5.41, 5.74) is 2.09. The van der Waals surface area contributed by atoms with Crippen LogP contribution in [0.4, 0.5) is 4.79 Å². The number of rotatable bonds is 5. The minimum atomic E-state index is -0.0983. The highest BCUT2D eigenvalue weighted by Crippen LogP contribution is 2.26. The van der Waals surface area contributed by atoms with Gasteiger partial charge in [-0.05, 0) is 25.0 Å². The van der Waals surface area contributed by atoms with Crippen molar-refractivity contribution in [3.8, 4) is 5.88 Å². The smallest absolute Gasteiger partial charge is 0.317 e. The van der Waals surface area contributed by atoms with Gasteiger partial charge in [0.1, 0.15) is 17.7 Å². The number of nitrogens with zero attached hydrogens (tertiary/aromatic N) is 3. The summed E-state index contributed by atoms with van der Waals surface area (Å²) in [4.78, 5) is 23.7. The van der Waals surface area contributed by atoms with Crippen molar-refractivity contribution in [2.75, 3.05) is 26.3 Å². The number of nitrogens with one attached hydrogen (secondary N) is 1. The molecule has 2 aliphatic heterocycles. The van der Waals surface area contributed by atoms with Crippen LogP contribution in [0.1, 0.15) is 42.6 Å². The highest BCUT2D eigenvalue weighted by molar-refractivity contribution is 5.74.